The fourth-order valence-corrected chi connectivity index (χ4v) is 2.04. The Balaban J connectivity index is 2.31. The Kier molecular flexibility index (Phi) is 9.66. The van der Waals surface area contributed by atoms with Gasteiger partial charge in [0.25, 0.3) is 0 Å². The van der Waals surface area contributed by atoms with Gasteiger partial charge in [-0.3, -0.25) is 0 Å². The van der Waals surface area contributed by atoms with Crippen molar-refractivity contribution in [2.24, 2.45) is 0 Å². The molecule has 0 aromatic heterocycles. The first-order chi connectivity index (χ1) is 10.3. The molecule has 120 valence electrons. The van der Waals surface area contributed by atoms with E-state index in [-0.39, 0.29) is 0 Å². The fourth-order valence-electron chi connectivity index (χ4n) is 2.04. The summed E-state index contributed by atoms with van der Waals surface area (Å²) >= 11 is 0. The van der Waals surface area contributed by atoms with E-state index >= 15 is 0 Å². The van der Waals surface area contributed by atoms with Crippen LogP contribution in [0.3, 0.4) is 0 Å². The van der Waals surface area contributed by atoms with E-state index < -0.39 is 0 Å². The zero-order valence-corrected chi connectivity index (χ0v) is 13.6. The van der Waals surface area contributed by atoms with Crippen LogP contribution in [0.4, 0.5) is 0 Å². The molecule has 0 heterocycles. The maximum absolute atomic E-state index is 5.69. The van der Waals surface area contributed by atoms with Crippen LogP contribution < -0.4 is 14.8 Å². The number of hydrogen-bond donors (Lipinski definition) is 1. The van der Waals surface area contributed by atoms with Gasteiger partial charge in [-0.2, -0.15) is 0 Å². The molecule has 0 atom stereocenters. The molecular formula is C17H29NO3. The Hall–Kier alpha value is -1.26. The van der Waals surface area contributed by atoms with Crippen LogP contribution in [0.1, 0.15) is 38.7 Å². The lowest BCUT2D eigenvalue weighted by Gasteiger charge is -2.14. The number of rotatable bonds is 12. The summed E-state index contributed by atoms with van der Waals surface area (Å²) in [5, 5.41) is 3.43. The molecule has 0 aliphatic carbocycles. The predicted octanol–water partition coefficient (Wildman–Crippen LogP) is 3.39. The molecule has 21 heavy (non-hydrogen) atoms. The molecule has 0 unspecified atom stereocenters. The van der Waals surface area contributed by atoms with Gasteiger partial charge in [-0.1, -0.05) is 25.5 Å². The lowest BCUT2D eigenvalue weighted by molar-refractivity contribution is 0.128. The van der Waals surface area contributed by atoms with Crippen molar-refractivity contribution in [3.8, 4) is 11.5 Å². The van der Waals surface area contributed by atoms with Gasteiger partial charge in [-0.15, -0.1) is 0 Å². The first-order valence-electron chi connectivity index (χ1n) is 7.90. The SMILES string of the molecule is CCCCOCCCNCc1cccc(OC)c1OCC. The van der Waals surface area contributed by atoms with Crippen LogP contribution >= 0.6 is 0 Å². The first kappa shape index (κ1) is 17.8. The van der Waals surface area contributed by atoms with Gasteiger partial charge >= 0.3 is 0 Å². The van der Waals surface area contributed by atoms with Crippen LogP contribution in [0.5, 0.6) is 11.5 Å². The van der Waals surface area contributed by atoms with Gasteiger partial charge < -0.3 is 19.5 Å². The molecule has 0 fully saturated rings. The van der Waals surface area contributed by atoms with Crippen LogP contribution in [0.2, 0.25) is 0 Å². The van der Waals surface area contributed by atoms with Gasteiger partial charge in [0.2, 0.25) is 0 Å². The van der Waals surface area contributed by atoms with Crippen molar-refractivity contribution in [1.82, 2.24) is 5.32 Å². The molecular weight excluding hydrogens is 266 g/mol. The first-order valence-corrected chi connectivity index (χ1v) is 7.90. The summed E-state index contributed by atoms with van der Waals surface area (Å²) in [5.41, 5.74) is 1.13. The highest BCUT2D eigenvalue weighted by molar-refractivity contribution is 5.46. The van der Waals surface area contributed by atoms with E-state index in [1.807, 2.05) is 19.1 Å². The molecule has 1 N–H and O–H groups in total. The zero-order chi connectivity index (χ0) is 15.3. The predicted molar refractivity (Wildman–Crippen MR) is 86.2 cm³/mol. The topological polar surface area (TPSA) is 39.7 Å². The molecule has 0 bridgehead atoms. The highest BCUT2D eigenvalue weighted by Gasteiger charge is 2.09. The van der Waals surface area contributed by atoms with Gasteiger partial charge in [-0.25, -0.2) is 0 Å². The van der Waals surface area contributed by atoms with Crippen molar-refractivity contribution in [3.05, 3.63) is 23.8 Å². The molecule has 0 radical (unpaired) electrons. The van der Waals surface area contributed by atoms with Crippen molar-refractivity contribution in [3.63, 3.8) is 0 Å². The largest absolute Gasteiger partial charge is 0.493 e. The third-order valence-corrected chi connectivity index (χ3v) is 3.17. The van der Waals surface area contributed by atoms with Gasteiger partial charge in [0.1, 0.15) is 0 Å². The normalized spacial score (nSPS) is 10.6. The molecule has 0 spiro atoms. The highest BCUT2D eigenvalue weighted by atomic mass is 16.5. The molecule has 0 saturated heterocycles. The van der Waals surface area contributed by atoms with Crippen LogP contribution in [0.25, 0.3) is 0 Å². The lowest BCUT2D eigenvalue weighted by atomic mass is 10.2. The highest BCUT2D eigenvalue weighted by Crippen LogP contribution is 2.30. The van der Waals surface area contributed by atoms with Gasteiger partial charge in [0, 0.05) is 25.3 Å². The van der Waals surface area contributed by atoms with E-state index in [1.54, 1.807) is 7.11 Å². The molecule has 1 aromatic rings. The quantitative estimate of drug-likeness (QED) is 0.600. The minimum Gasteiger partial charge on any atom is -0.493 e. The number of unbranched alkanes of at least 4 members (excludes halogenated alkanes) is 1. The van der Waals surface area contributed by atoms with Crippen molar-refractivity contribution < 1.29 is 14.2 Å². The number of ether oxygens (including phenoxy) is 3. The van der Waals surface area contributed by atoms with Crippen molar-refractivity contribution >= 4 is 0 Å². The minimum absolute atomic E-state index is 0.638. The monoisotopic (exact) mass is 295 g/mol. The van der Waals surface area contributed by atoms with Crippen LogP contribution in [0.15, 0.2) is 18.2 Å². The second-order valence-corrected chi connectivity index (χ2v) is 4.88. The number of hydrogen-bond acceptors (Lipinski definition) is 4. The second kappa shape index (κ2) is 11.4. The molecule has 4 nitrogen and oxygen atoms in total. The van der Waals surface area contributed by atoms with Crippen molar-refractivity contribution in [2.45, 2.75) is 39.7 Å². The summed E-state index contributed by atoms with van der Waals surface area (Å²) in [6.07, 6.45) is 3.36. The summed E-state index contributed by atoms with van der Waals surface area (Å²) in [6, 6.07) is 5.99. The summed E-state index contributed by atoms with van der Waals surface area (Å²) in [6.45, 7) is 8.21. The zero-order valence-electron chi connectivity index (χ0n) is 13.6. The Labute approximate surface area is 128 Å². The molecule has 1 rings (SSSR count). The van der Waals surface area contributed by atoms with Crippen LogP contribution in [-0.4, -0.2) is 33.5 Å². The number of benzene rings is 1. The molecule has 0 aliphatic heterocycles. The molecule has 0 amide bonds. The van der Waals surface area contributed by atoms with E-state index in [4.69, 9.17) is 14.2 Å². The maximum Gasteiger partial charge on any atom is 0.165 e. The average molecular weight is 295 g/mol. The average Bonchev–Trinajstić information content (AvgIpc) is 2.51. The van der Waals surface area contributed by atoms with Gasteiger partial charge in [-0.05, 0) is 32.4 Å². The van der Waals surface area contributed by atoms with E-state index in [2.05, 4.69) is 18.3 Å². The Morgan fingerprint density at radius 1 is 1.10 bits per heavy atom. The van der Waals surface area contributed by atoms with Gasteiger partial charge in [0.15, 0.2) is 11.5 Å². The standard InChI is InChI=1S/C17H29NO3/c1-4-6-12-20-13-8-11-18-14-15-9-7-10-16(19-3)17(15)21-5-2/h7,9-10,18H,4-6,8,11-14H2,1-3H3. The number of methoxy groups -OCH3 is 1. The van der Waals surface area contributed by atoms with Crippen molar-refractivity contribution in [2.75, 3.05) is 33.5 Å². The van der Waals surface area contributed by atoms with Crippen molar-refractivity contribution in [1.29, 1.82) is 0 Å². The van der Waals surface area contributed by atoms with E-state index in [0.717, 1.165) is 56.2 Å². The molecule has 0 saturated carbocycles. The summed E-state index contributed by atoms with van der Waals surface area (Å²) < 4.78 is 16.6. The Morgan fingerprint density at radius 2 is 1.90 bits per heavy atom. The Bertz CT molecular complexity index is 382. The van der Waals surface area contributed by atoms with E-state index in [1.165, 1.54) is 6.42 Å². The molecule has 4 heteroatoms. The maximum atomic E-state index is 5.69. The fraction of sp³-hybridized carbons (Fsp3) is 0.647. The number of nitrogens with one attached hydrogen (secondary N) is 1. The summed E-state index contributed by atoms with van der Waals surface area (Å²) in [4.78, 5) is 0. The molecule has 0 aliphatic rings. The van der Waals surface area contributed by atoms with E-state index in [9.17, 15) is 0 Å². The third-order valence-electron chi connectivity index (χ3n) is 3.17. The number of para-hydroxylation sites is 1. The smallest absolute Gasteiger partial charge is 0.165 e. The summed E-state index contributed by atoms with van der Waals surface area (Å²) in [5.74, 6) is 1.63. The third kappa shape index (κ3) is 6.82. The van der Waals surface area contributed by atoms with E-state index in [0.29, 0.717) is 6.61 Å². The van der Waals surface area contributed by atoms with Crippen LogP contribution in [-0.2, 0) is 11.3 Å². The Morgan fingerprint density at radius 3 is 2.62 bits per heavy atom. The lowest BCUT2D eigenvalue weighted by Crippen LogP contribution is -2.17. The minimum atomic E-state index is 0.638. The summed E-state index contributed by atoms with van der Waals surface area (Å²) in [7, 11) is 1.67. The van der Waals surface area contributed by atoms with Gasteiger partial charge in [0.05, 0.1) is 13.7 Å². The van der Waals surface area contributed by atoms with Crippen LogP contribution in [0, 0.1) is 0 Å². The molecule has 1 aromatic carbocycles. The second-order valence-electron chi connectivity index (χ2n) is 4.88.